The van der Waals surface area contributed by atoms with Crippen LogP contribution in [0.3, 0.4) is 0 Å². The molecule has 1 aliphatic rings. The minimum atomic E-state index is -0.792. The van der Waals surface area contributed by atoms with E-state index < -0.39 is 17.5 Å². The van der Waals surface area contributed by atoms with Crippen LogP contribution in [0.5, 0.6) is 0 Å². The number of carbonyl (C=O) groups is 2. The summed E-state index contributed by atoms with van der Waals surface area (Å²) in [6.45, 7) is 1.01. The fraction of sp³-hybridized carbons (Fsp3) is 0.200. The third-order valence-electron chi connectivity index (χ3n) is 5.57. The number of esters is 1. The van der Waals surface area contributed by atoms with E-state index in [2.05, 4.69) is 5.32 Å². The van der Waals surface area contributed by atoms with Crippen LogP contribution in [0, 0.1) is 10.1 Å². The van der Waals surface area contributed by atoms with E-state index in [0.717, 1.165) is 23.6 Å². The number of nitrogens with zero attached hydrogens (tertiary/aromatic N) is 2. The van der Waals surface area contributed by atoms with Crippen molar-refractivity contribution in [1.29, 1.82) is 0 Å². The van der Waals surface area contributed by atoms with Crippen LogP contribution in [0.15, 0.2) is 72.8 Å². The lowest BCUT2D eigenvalue weighted by Gasteiger charge is -2.28. The van der Waals surface area contributed by atoms with Gasteiger partial charge in [0.1, 0.15) is 0 Å². The molecular weight excluding hydrogens is 422 g/mol. The van der Waals surface area contributed by atoms with Gasteiger partial charge in [0.05, 0.1) is 10.5 Å². The Morgan fingerprint density at radius 1 is 1.00 bits per heavy atom. The molecule has 0 unspecified atom stereocenters. The van der Waals surface area contributed by atoms with E-state index in [1.54, 1.807) is 4.90 Å². The molecule has 0 aromatic heterocycles. The Labute approximate surface area is 190 Å². The topological polar surface area (TPSA) is 102 Å². The molecule has 1 N–H and O–H groups in total. The maximum absolute atomic E-state index is 12.8. The molecule has 0 aliphatic carbocycles. The van der Waals surface area contributed by atoms with Crippen LogP contribution in [0.4, 0.5) is 11.4 Å². The summed E-state index contributed by atoms with van der Waals surface area (Å²) in [5.41, 5.74) is 3.45. The second-order valence-corrected chi connectivity index (χ2v) is 7.74. The normalized spacial score (nSPS) is 12.5. The van der Waals surface area contributed by atoms with Gasteiger partial charge in [-0.05, 0) is 29.2 Å². The highest BCUT2D eigenvalue weighted by Crippen LogP contribution is 2.24. The van der Waals surface area contributed by atoms with E-state index in [4.69, 9.17) is 4.74 Å². The summed E-state index contributed by atoms with van der Waals surface area (Å²) in [6, 6.07) is 21.4. The van der Waals surface area contributed by atoms with Crippen molar-refractivity contribution in [2.45, 2.75) is 19.5 Å². The van der Waals surface area contributed by atoms with E-state index in [1.165, 1.54) is 17.7 Å². The molecule has 8 heteroatoms. The SMILES string of the molecule is O=C(OCC(=O)N1CCc2ccccc2C1)c1cc([N+](=O)[O-])ccc1NCc1ccccc1. The number of anilines is 1. The first-order valence-electron chi connectivity index (χ1n) is 10.6. The number of nitro benzene ring substituents is 1. The molecule has 8 nitrogen and oxygen atoms in total. The predicted octanol–water partition coefficient (Wildman–Crippen LogP) is 3.95. The second-order valence-electron chi connectivity index (χ2n) is 7.74. The highest BCUT2D eigenvalue weighted by molar-refractivity contribution is 5.97. The summed E-state index contributed by atoms with van der Waals surface area (Å²) < 4.78 is 5.27. The lowest BCUT2D eigenvalue weighted by molar-refractivity contribution is -0.384. The van der Waals surface area contributed by atoms with Crippen molar-refractivity contribution in [3.05, 3.63) is 105 Å². The van der Waals surface area contributed by atoms with E-state index in [-0.39, 0.29) is 17.2 Å². The van der Waals surface area contributed by atoms with Crippen LogP contribution in [0.2, 0.25) is 0 Å². The zero-order valence-corrected chi connectivity index (χ0v) is 17.9. The molecule has 1 amide bonds. The van der Waals surface area contributed by atoms with Gasteiger partial charge in [0.15, 0.2) is 6.61 Å². The van der Waals surface area contributed by atoms with Crippen LogP contribution in [0.1, 0.15) is 27.0 Å². The maximum Gasteiger partial charge on any atom is 0.341 e. The first kappa shape index (κ1) is 22.0. The fourth-order valence-corrected chi connectivity index (χ4v) is 3.77. The molecule has 0 fully saturated rings. The number of hydrogen-bond donors (Lipinski definition) is 1. The number of amides is 1. The first-order chi connectivity index (χ1) is 16.0. The van der Waals surface area contributed by atoms with Crippen molar-refractivity contribution in [1.82, 2.24) is 4.90 Å². The zero-order valence-electron chi connectivity index (χ0n) is 17.9. The number of benzene rings is 3. The third kappa shape index (κ3) is 5.35. The van der Waals surface area contributed by atoms with E-state index in [9.17, 15) is 19.7 Å². The van der Waals surface area contributed by atoms with Crippen molar-refractivity contribution >= 4 is 23.3 Å². The average molecular weight is 445 g/mol. The Morgan fingerprint density at radius 2 is 1.73 bits per heavy atom. The summed E-state index contributed by atoms with van der Waals surface area (Å²) in [5, 5.41) is 14.3. The number of nitro groups is 1. The molecule has 0 saturated carbocycles. The van der Waals surface area contributed by atoms with Gasteiger partial charge < -0.3 is 15.0 Å². The van der Waals surface area contributed by atoms with Gasteiger partial charge in [-0.3, -0.25) is 14.9 Å². The maximum atomic E-state index is 12.8. The second kappa shape index (κ2) is 9.95. The molecule has 3 aromatic rings. The van der Waals surface area contributed by atoms with E-state index in [1.807, 2.05) is 54.6 Å². The Hall–Kier alpha value is -4.20. The van der Waals surface area contributed by atoms with Crippen molar-refractivity contribution in [3.8, 4) is 0 Å². The van der Waals surface area contributed by atoms with Crippen molar-refractivity contribution in [2.24, 2.45) is 0 Å². The van der Waals surface area contributed by atoms with Crippen molar-refractivity contribution in [3.63, 3.8) is 0 Å². The molecule has 0 saturated heterocycles. The molecule has 0 bridgehead atoms. The summed E-state index contributed by atoms with van der Waals surface area (Å²) >= 11 is 0. The highest BCUT2D eigenvalue weighted by Gasteiger charge is 2.23. The van der Waals surface area contributed by atoms with Gasteiger partial charge in [-0.1, -0.05) is 54.6 Å². The van der Waals surface area contributed by atoms with Gasteiger partial charge in [-0.2, -0.15) is 0 Å². The quantitative estimate of drug-likeness (QED) is 0.336. The average Bonchev–Trinajstić information content (AvgIpc) is 2.86. The number of ether oxygens (including phenoxy) is 1. The van der Waals surface area contributed by atoms with Gasteiger partial charge >= 0.3 is 5.97 Å². The largest absolute Gasteiger partial charge is 0.452 e. The molecule has 1 heterocycles. The van der Waals surface area contributed by atoms with Crippen LogP contribution in [0.25, 0.3) is 0 Å². The van der Waals surface area contributed by atoms with E-state index in [0.29, 0.717) is 25.3 Å². The molecule has 3 aromatic carbocycles. The summed E-state index contributed by atoms with van der Waals surface area (Å²) in [7, 11) is 0. The number of hydrogen-bond acceptors (Lipinski definition) is 6. The number of carbonyl (C=O) groups excluding carboxylic acids is 2. The smallest absolute Gasteiger partial charge is 0.341 e. The lowest BCUT2D eigenvalue weighted by Crippen LogP contribution is -2.38. The standard InChI is InChI=1S/C25H23N3O5/c29-24(27-13-12-19-8-4-5-9-20(19)16-27)17-33-25(30)22-14-21(28(31)32)10-11-23(22)26-15-18-6-2-1-3-7-18/h1-11,14,26H,12-13,15-17H2. The number of rotatable bonds is 7. The Balaban J connectivity index is 1.43. The lowest BCUT2D eigenvalue weighted by atomic mass is 10.00. The molecular formula is C25H23N3O5. The Kier molecular flexibility index (Phi) is 6.64. The first-order valence-corrected chi connectivity index (χ1v) is 10.6. The Bertz CT molecular complexity index is 1180. The van der Waals surface area contributed by atoms with Gasteiger partial charge in [0, 0.05) is 37.5 Å². The van der Waals surface area contributed by atoms with Crippen LogP contribution in [-0.4, -0.2) is 34.9 Å². The Morgan fingerprint density at radius 3 is 2.48 bits per heavy atom. The van der Waals surface area contributed by atoms with Crippen molar-refractivity contribution < 1.29 is 19.2 Å². The minimum absolute atomic E-state index is 0.0110. The molecule has 1 aliphatic heterocycles. The summed E-state index contributed by atoms with van der Waals surface area (Å²) in [5.74, 6) is -1.10. The fourth-order valence-electron chi connectivity index (χ4n) is 3.77. The van der Waals surface area contributed by atoms with Crippen LogP contribution < -0.4 is 5.32 Å². The molecule has 0 spiro atoms. The third-order valence-corrected chi connectivity index (χ3v) is 5.57. The monoisotopic (exact) mass is 445 g/mol. The van der Waals surface area contributed by atoms with Gasteiger partial charge in [0.2, 0.25) is 0 Å². The highest BCUT2D eigenvalue weighted by atomic mass is 16.6. The minimum Gasteiger partial charge on any atom is -0.452 e. The van der Waals surface area contributed by atoms with Gasteiger partial charge in [0.25, 0.3) is 11.6 Å². The number of nitrogens with one attached hydrogen (secondary N) is 1. The number of non-ortho nitro benzene ring substituents is 1. The molecule has 33 heavy (non-hydrogen) atoms. The summed E-state index contributed by atoms with van der Waals surface area (Å²) in [4.78, 5) is 37.7. The van der Waals surface area contributed by atoms with Gasteiger partial charge in [-0.15, -0.1) is 0 Å². The predicted molar refractivity (Wildman–Crippen MR) is 123 cm³/mol. The van der Waals surface area contributed by atoms with Crippen LogP contribution >= 0.6 is 0 Å². The summed E-state index contributed by atoms with van der Waals surface area (Å²) in [6.07, 6.45) is 0.744. The zero-order chi connectivity index (χ0) is 23.2. The molecule has 0 radical (unpaired) electrons. The van der Waals surface area contributed by atoms with Crippen molar-refractivity contribution in [2.75, 3.05) is 18.5 Å². The molecule has 168 valence electrons. The number of fused-ring (bicyclic) bond motifs is 1. The van der Waals surface area contributed by atoms with Crippen LogP contribution in [-0.2, 0) is 29.0 Å². The van der Waals surface area contributed by atoms with Gasteiger partial charge in [-0.25, -0.2) is 4.79 Å². The molecule has 0 atom stereocenters. The van der Waals surface area contributed by atoms with E-state index >= 15 is 0 Å². The molecule has 4 rings (SSSR count).